The summed E-state index contributed by atoms with van der Waals surface area (Å²) in [5.74, 6) is 0. The Labute approximate surface area is 323 Å². The van der Waals surface area contributed by atoms with E-state index in [4.69, 9.17) is 9.97 Å². The summed E-state index contributed by atoms with van der Waals surface area (Å²) in [5, 5.41) is 1.64. The Bertz CT molecular complexity index is 2890. The van der Waals surface area contributed by atoms with Gasteiger partial charge in [0, 0.05) is 10.8 Å². The van der Waals surface area contributed by atoms with Gasteiger partial charge in [0.1, 0.15) is 0 Å². The number of benzene rings is 7. The molecule has 0 aliphatic heterocycles. The number of aromatic nitrogens is 2. The third-order valence-electron chi connectivity index (χ3n) is 12.4. The molecule has 0 saturated carbocycles. The summed E-state index contributed by atoms with van der Waals surface area (Å²) in [6.45, 7) is 2.31. The monoisotopic (exact) mass is 720 g/mol. The summed E-state index contributed by atoms with van der Waals surface area (Å²) < 4.78 is 0. The van der Waals surface area contributed by atoms with Crippen molar-refractivity contribution in [3.05, 3.63) is 216 Å². The molecule has 0 N–H and O–H groups in total. The van der Waals surface area contributed by atoms with E-state index < -0.39 is 10.6 Å². The zero-order chi connectivity index (χ0) is 36.7. The quantitative estimate of drug-likeness (QED) is 0.131. The smallest absolute Gasteiger partial charge is 0.0975 e. The molecule has 7 aromatic carbocycles. The summed E-state index contributed by atoms with van der Waals surface area (Å²) in [5.41, 5.74) is 18.3. The molecule has 0 radical (unpaired) electrons. The second-order valence-corrected chi connectivity index (χ2v) is 15.8. The van der Waals surface area contributed by atoms with Gasteiger partial charge in [-0.05, 0) is 85.3 Å². The third kappa shape index (κ3) is 4.47. The maximum Gasteiger partial charge on any atom is 0.0975 e. The zero-order valence-corrected chi connectivity index (χ0v) is 31.7. The van der Waals surface area contributed by atoms with E-state index in [2.05, 4.69) is 198 Å². The molecular weight excluding hydrogens is 684 g/mol. The first kappa shape index (κ1) is 32.2. The van der Waals surface area contributed by atoms with Gasteiger partial charge in [0.05, 0.1) is 33.0 Å². The Morgan fingerprint density at radius 1 is 0.400 bits per heavy atom. The summed E-state index contributed by atoms with van der Waals surface area (Å²) >= 11 is 0. The highest BCUT2D eigenvalue weighted by Crippen LogP contribution is 2.57. The topological polar surface area (TPSA) is 25.8 Å². The minimum Gasteiger partial charge on any atom is -0.249 e. The van der Waals surface area contributed by atoms with Gasteiger partial charge < -0.3 is 0 Å². The van der Waals surface area contributed by atoms with Crippen LogP contribution in [0.2, 0.25) is 0 Å². The van der Waals surface area contributed by atoms with Crippen molar-refractivity contribution in [1.82, 2.24) is 9.97 Å². The Hall–Kier alpha value is -6.21. The van der Waals surface area contributed by atoms with Crippen molar-refractivity contribution < 1.29 is 0 Å². The van der Waals surface area contributed by atoms with E-state index in [9.17, 15) is 0 Å². The molecule has 11 rings (SSSR count). The van der Waals surface area contributed by atoms with Crippen LogP contribution in [0.4, 0.5) is 0 Å². The van der Waals surface area contributed by atoms with Gasteiger partial charge in [-0.2, -0.15) is 0 Å². The van der Waals surface area contributed by atoms with Gasteiger partial charge in [0.25, 0.3) is 0 Å². The maximum absolute atomic E-state index is 5.86. The van der Waals surface area contributed by atoms with E-state index >= 15 is 0 Å². The number of pyridine rings is 2. The molecule has 0 saturated heterocycles. The maximum atomic E-state index is 5.86. The van der Waals surface area contributed by atoms with E-state index in [0.29, 0.717) is 0 Å². The van der Waals surface area contributed by atoms with Gasteiger partial charge >= 0.3 is 0 Å². The first-order valence-corrected chi connectivity index (χ1v) is 19.8. The Kier molecular flexibility index (Phi) is 7.12. The normalized spacial score (nSPS) is 14.4. The molecule has 1 unspecified atom stereocenters. The minimum atomic E-state index is -0.555. The fourth-order valence-corrected chi connectivity index (χ4v) is 10.5. The SMILES string of the molecule is CCC1(c2cc(-c3ccccc3)c3ccc4c(-c5ccccc5)cc(C5(P)c6ccccc6-c6ccccc65)nc4c3n2)c2ccccc2-c2ccccc21. The standard InChI is InChI=1S/C52H37N2P/c1-2-51(43-25-13-9-21-35(43)36-22-10-14-26-44(36)51)47-31-41(33-17-5-3-6-18-33)39-29-30-40-42(34-19-7-4-8-20-34)32-48(54-50(40)49(39)53-47)52(55)45-27-15-11-23-37(45)38-24-12-16-28-46(38)52/h3-32H,2,55H2,1H3. The van der Waals surface area contributed by atoms with Crippen molar-refractivity contribution in [3.8, 4) is 44.5 Å². The van der Waals surface area contributed by atoms with E-state index in [1.165, 1.54) is 55.6 Å². The molecule has 2 nitrogen and oxygen atoms in total. The molecule has 260 valence electrons. The Balaban J connectivity index is 1.29. The van der Waals surface area contributed by atoms with E-state index in [1.54, 1.807) is 0 Å². The average Bonchev–Trinajstić information content (AvgIpc) is 3.71. The molecule has 0 bridgehead atoms. The van der Waals surface area contributed by atoms with Crippen LogP contribution in [0.1, 0.15) is 47.0 Å². The highest BCUT2D eigenvalue weighted by Gasteiger charge is 2.45. The second-order valence-electron chi connectivity index (χ2n) is 14.9. The fourth-order valence-electron chi connectivity index (χ4n) is 9.82. The minimum absolute atomic E-state index is 0.432. The van der Waals surface area contributed by atoms with Crippen LogP contribution in [0.3, 0.4) is 0 Å². The van der Waals surface area contributed by atoms with Gasteiger partial charge in [-0.25, -0.2) is 9.97 Å². The van der Waals surface area contributed by atoms with Crippen molar-refractivity contribution in [2.24, 2.45) is 0 Å². The van der Waals surface area contributed by atoms with E-state index in [-0.39, 0.29) is 0 Å². The molecule has 0 fully saturated rings. The van der Waals surface area contributed by atoms with Gasteiger partial charge in [-0.3, -0.25) is 0 Å². The Morgan fingerprint density at radius 2 is 0.764 bits per heavy atom. The fraction of sp³-hybridized carbons (Fsp3) is 0.0769. The first-order valence-electron chi connectivity index (χ1n) is 19.2. The van der Waals surface area contributed by atoms with Gasteiger partial charge in [0.2, 0.25) is 0 Å². The highest BCUT2D eigenvalue weighted by molar-refractivity contribution is 7.19. The number of hydrogen-bond acceptors (Lipinski definition) is 2. The number of fused-ring (bicyclic) bond motifs is 9. The van der Waals surface area contributed by atoms with E-state index in [0.717, 1.165) is 50.7 Å². The van der Waals surface area contributed by atoms with Gasteiger partial charge in [-0.1, -0.05) is 177 Å². The van der Waals surface area contributed by atoms with Crippen LogP contribution in [0, 0.1) is 0 Å². The molecule has 2 aliphatic carbocycles. The van der Waals surface area contributed by atoms with Crippen molar-refractivity contribution in [2.75, 3.05) is 0 Å². The van der Waals surface area contributed by atoms with Crippen LogP contribution in [-0.2, 0) is 10.6 Å². The number of nitrogens with zero attached hydrogens (tertiary/aromatic N) is 2. The van der Waals surface area contributed by atoms with E-state index in [1.807, 2.05) is 0 Å². The van der Waals surface area contributed by atoms with Crippen LogP contribution in [0.5, 0.6) is 0 Å². The number of rotatable bonds is 5. The largest absolute Gasteiger partial charge is 0.249 e. The molecular formula is C52H37N2P. The van der Waals surface area contributed by atoms with Gasteiger partial charge in [-0.15, -0.1) is 9.24 Å². The molecule has 2 aromatic heterocycles. The lowest BCUT2D eigenvalue weighted by Crippen LogP contribution is -2.27. The molecule has 55 heavy (non-hydrogen) atoms. The van der Waals surface area contributed by atoms with Crippen molar-refractivity contribution in [3.63, 3.8) is 0 Å². The molecule has 0 spiro atoms. The molecule has 1 atom stereocenters. The molecule has 2 heterocycles. The van der Waals surface area contributed by atoms with Crippen molar-refractivity contribution in [1.29, 1.82) is 0 Å². The first-order chi connectivity index (χ1) is 27.1. The summed E-state index contributed by atoms with van der Waals surface area (Å²) in [6.07, 6.45) is 0.870. The lowest BCUT2D eigenvalue weighted by molar-refractivity contribution is 0.592. The average molecular weight is 721 g/mol. The van der Waals surface area contributed by atoms with Crippen molar-refractivity contribution in [2.45, 2.75) is 23.9 Å². The predicted molar refractivity (Wildman–Crippen MR) is 231 cm³/mol. The summed E-state index contributed by atoms with van der Waals surface area (Å²) in [7, 11) is 3.27. The highest BCUT2D eigenvalue weighted by atomic mass is 31.0. The summed E-state index contributed by atoms with van der Waals surface area (Å²) in [6, 6.07) is 66.3. The predicted octanol–water partition coefficient (Wildman–Crippen LogP) is 13.0. The van der Waals surface area contributed by atoms with Crippen LogP contribution in [0.25, 0.3) is 66.3 Å². The Morgan fingerprint density at radius 3 is 1.22 bits per heavy atom. The summed E-state index contributed by atoms with van der Waals surface area (Å²) in [4.78, 5) is 11.7. The van der Waals surface area contributed by atoms with Crippen LogP contribution >= 0.6 is 9.24 Å². The molecule has 0 amide bonds. The van der Waals surface area contributed by atoms with Crippen LogP contribution < -0.4 is 0 Å². The van der Waals surface area contributed by atoms with Crippen LogP contribution in [-0.4, -0.2) is 9.97 Å². The second kappa shape index (κ2) is 12.2. The lowest BCUT2D eigenvalue weighted by atomic mass is 9.72. The lowest BCUT2D eigenvalue weighted by Gasteiger charge is -2.32. The molecule has 3 heteroatoms. The number of hydrogen-bond donors (Lipinski definition) is 0. The van der Waals surface area contributed by atoms with Crippen LogP contribution in [0.15, 0.2) is 182 Å². The third-order valence-corrected chi connectivity index (χ3v) is 13.3. The molecule has 2 aliphatic rings. The molecule has 9 aromatic rings. The van der Waals surface area contributed by atoms with Crippen molar-refractivity contribution >= 4 is 31.0 Å². The van der Waals surface area contributed by atoms with Gasteiger partial charge in [0.15, 0.2) is 0 Å². The zero-order valence-electron chi connectivity index (χ0n) is 30.5.